The number of nitrogen functional groups attached to an aromatic ring is 1. The highest BCUT2D eigenvalue weighted by atomic mass is 16.4. The Morgan fingerprint density at radius 1 is 1.39 bits per heavy atom. The zero-order valence-electron chi connectivity index (χ0n) is 9.85. The van der Waals surface area contributed by atoms with Gasteiger partial charge in [-0.3, -0.25) is 4.79 Å². The standard InChI is InChI=1S/C12H14N4O2/c13-8-1-2-10-9(7-8)15-12(18-10)16-5-3-11(17)14-4-6-16/h1-2,7H,3-6,13H2,(H,14,17). The molecule has 6 heteroatoms. The molecular formula is C12H14N4O2. The molecule has 1 aliphatic rings. The number of carbonyl (C=O) groups is 1. The Morgan fingerprint density at radius 3 is 3.17 bits per heavy atom. The van der Waals surface area contributed by atoms with E-state index in [1.165, 1.54) is 0 Å². The van der Waals surface area contributed by atoms with E-state index in [0.29, 0.717) is 43.3 Å². The van der Waals surface area contributed by atoms with E-state index in [1.54, 1.807) is 12.1 Å². The maximum atomic E-state index is 11.3. The minimum absolute atomic E-state index is 0.0675. The second-order valence-electron chi connectivity index (χ2n) is 4.31. The summed E-state index contributed by atoms with van der Waals surface area (Å²) in [5.41, 5.74) is 7.82. The molecule has 0 aliphatic carbocycles. The van der Waals surface area contributed by atoms with Gasteiger partial charge in [0.15, 0.2) is 5.58 Å². The highest BCUT2D eigenvalue weighted by Crippen LogP contribution is 2.23. The molecule has 1 aliphatic heterocycles. The van der Waals surface area contributed by atoms with Crippen molar-refractivity contribution >= 4 is 28.7 Å². The van der Waals surface area contributed by atoms with Crippen molar-refractivity contribution in [3.63, 3.8) is 0 Å². The Balaban J connectivity index is 1.91. The largest absolute Gasteiger partial charge is 0.423 e. The van der Waals surface area contributed by atoms with Crippen molar-refractivity contribution in [2.45, 2.75) is 6.42 Å². The van der Waals surface area contributed by atoms with Crippen LogP contribution in [0.1, 0.15) is 6.42 Å². The molecule has 1 saturated heterocycles. The van der Waals surface area contributed by atoms with E-state index in [2.05, 4.69) is 10.3 Å². The molecule has 0 radical (unpaired) electrons. The van der Waals surface area contributed by atoms with Crippen molar-refractivity contribution in [1.29, 1.82) is 0 Å². The van der Waals surface area contributed by atoms with Crippen LogP contribution in [0.15, 0.2) is 22.6 Å². The maximum Gasteiger partial charge on any atom is 0.298 e. The number of nitrogens with two attached hydrogens (primary N) is 1. The van der Waals surface area contributed by atoms with Gasteiger partial charge in [-0.2, -0.15) is 4.98 Å². The molecule has 1 aromatic carbocycles. The topological polar surface area (TPSA) is 84.4 Å². The Labute approximate surface area is 104 Å². The number of aromatic nitrogens is 1. The Hall–Kier alpha value is -2.24. The third-order valence-electron chi connectivity index (χ3n) is 2.98. The number of fused-ring (bicyclic) bond motifs is 1. The number of hydrogen-bond donors (Lipinski definition) is 2. The molecular weight excluding hydrogens is 232 g/mol. The molecule has 0 spiro atoms. The summed E-state index contributed by atoms with van der Waals surface area (Å²) in [5, 5.41) is 2.82. The number of oxazole rings is 1. The van der Waals surface area contributed by atoms with E-state index < -0.39 is 0 Å². The van der Waals surface area contributed by atoms with Gasteiger partial charge in [-0.15, -0.1) is 0 Å². The molecule has 18 heavy (non-hydrogen) atoms. The summed E-state index contributed by atoms with van der Waals surface area (Å²) in [4.78, 5) is 17.6. The first-order chi connectivity index (χ1) is 8.72. The number of carbonyl (C=O) groups excluding carboxylic acids is 1. The van der Waals surface area contributed by atoms with E-state index >= 15 is 0 Å². The number of nitrogens with zero attached hydrogens (tertiary/aromatic N) is 2. The lowest BCUT2D eigenvalue weighted by atomic mass is 10.3. The lowest BCUT2D eigenvalue weighted by Crippen LogP contribution is -2.28. The molecule has 94 valence electrons. The van der Waals surface area contributed by atoms with Gasteiger partial charge in [-0.05, 0) is 18.2 Å². The van der Waals surface area contributed by atoms with Crippen molar-refractivity contribution in [1.82, 2.24) is 10.3 Å². The van der Waals surface area contributed by atoms with Crippen LogP contribution in [-0.4, -0.2) is 30.5 Å². The third-order valence-corrected chi connectivity index (χ3v) is 2.98. The summed E-state index contributed by atoms with van der Waals surface area (Å²) in [6.07, 6.45) is 0.459. The lowest BCUT2D eigenvalue weighted by Gasteiger charge is -2.15. The average molecular weight is 246 g/mol. The molecule has 2 aromatic rings. The lowest BCUT2D eigenvalue weighted by molar-refractivity contribution is -0.120. The van der Waals surface area contributed by atoms with Gasteiger partial charge >= 0.3 is 0 Å². The molecule has 0 saturated carbocycles. The number of benzene rings is 1. The first kappa shape index (κ1) is 10.9. The van der Waals surface area contributed by atoms with Crippen LogP contribution in [-0.2, 0) is 4.79 Å². The van der Waals surface area contributed by atoms with Gasteiger partial charge < -0.3 is 20.4 Å². The fraction of sp³-hybridized carbons (Fsp3) is 0.333. The van der Waals surface area contributed by atoms with Crippen molar-refractivity contribution in [2.24, 2.45) is 0 Å². The fourth-order valence-electron chi connectivity index (χ4n) is 2.03. The zero-order chi connectivity index (χ0) is 12.5. The molecule has 1 amide bonds. The molecule has 3 N–H and O–H groups in total. The highest BCUT2D eigenvalue weighted by molar-refractivity contribution is 5.79. The van der Waals surface area contributed by atoms with Gasteiger partial charge in [-0.25, -0.2) is 0 Å². The summed E-state index contributed by atoms with van der Waals surface area (Å²) >= 11 is 0. The van der Waals surface area contributed by atoms with Crippen LogP contribution in [0, 0.1) is 0 Å². The van der Waals surface area contributed by atoms with Crippen LogP contribution >= 0.6 is 0 Å². The van der Waals surface area contributed by atoms with E-state index in [0.717, 1.165) is 5.52 Å². The number of anilines is 2. The number of amides is 1. The second-order valence-corrected chi connectivity index (χ2v) is 4.31. The highest BCUT2D eigenvalue weighted by Gasteiger charge is 2.18. The normalized spacial score (nSPS) is 16.7. The van der Waals surface area contributed by atoms with Crippen LogP contribution < -0.4 is 16.0 Å². The van der Waals surface area contributed by atoms with Gasteiger partial charge in [0.25, 0.3) is 6.01 Å². The van der Waals surface area contributed by atoms with E-state index in [1.807, 2.05) is 11.0 Å². The maximum absolute atomic E-state index is 11.3. The fourth-order valence-corrected chi connectivity index (χ4v) is 2.03. The summed E-state index contributed by atoms with van der Waals surface area (Å²) in [5.74, 6) is 0.0675. The monoisotopic (exact) mass is 246 g/mol. The number of hydrogen-bond acceptors (Lipinski definition) is 5. The smallest absolute Gasteiger partial charge is 0.298 e. The van der Waals surface area contributed by atoms with Gasteiger partial charge in [0.2, 0.25) is 5.91 Å². The number of nitrogens with one attached hydrogen (secondary N) is 1. The van der Waals surface area contributed by atoms with Gasteiger partial charge in [0, 0.05) is 31.7 Å². The molecule has 0 bridgehead atoms. The van der Waals surface area contributed by atoms with Crippen molar-refractivity contribution < 1.29 is 9.21 Å². The molecule has 0 unspecified atom stereocenters. The second kappa shape index (κ2) is 4.21. The first-order valence-electron chi connectivity index (χ1n) is 5.90. The molecule has 1 aromatic heterocycles. The van der Waals surface area contributed by atoms with Crippen molar-refractivity contribution in [3.05, 3.63) is 18.2 Å². The predicted molar refractivity (Wildman–Crippen MR) is 68.3 cm³/mol. The van der Waals surface area contributed by atoms with Crippen molar-refractivity contribution in [3.8, 4) is 0 Å². The molecule has 2 heterocycles. The van der Waals surface area contributed by atoms with Crippen LogP contribution in [0.25, 0.3) is 11.1 Å². The Bertz CT molecular complexity index is 593. The van der Waals surface area contributed by atoms with E-state index in [4.69, 9.17) is 10.2 Å². The van der Waals surface area contributed by atoms with Gasteiger partial charge in [0.1, 0.15) is 5.52 Å². The summed E-state index contributed by atoms with van der Waals surface area (Å²) in [6.45, 7) is 1.93. The van der Waals surface area contributed by atoms with E-state index in [-0.39, 0.29) is 5.91 Å². The number of rotatable bonds is 1. The minimum atomic E-state index is 0.0675. The van der Waals surface area contributed by atoms with Crippen LogP contribution in [0.2, 0.25) is 0 Å². The van der Waals surface area contributed by atoms with Gasteiger partial charge in [0.05, 0.1) is 0 Å². The summed E-state index contributed by atoms with van der Waals surface area (Å²) in [6, 6.07) is 5.92. The molecule has 0 atom stereocenters. The predicted octanol–water partition coefficient (Wildman–Crippen LogP) is 0.736. The first-order valence-corrected chi connectivity index (χ1v) is 5.90. The quantitative estimate of drug-likeness (QED) is 0.725. The van der Waals surface area contributed by atoms with Crippen LogP contribution in [0.5, 0.6) is 0 Å². The van der Waals surface area contributed by atoms with Crippen LogP contribution in [0.3, 0.4) is 0 Å². The summed E-state index contributed by atoms with van der Waals surface area (Å²) < 4.78 is 5.67. The molecule has 6 nitrogen and oxygen atoms in total. The summed E-state index contributed by atoms with van der Waals surface area (Å²) in [7, 11) is 0. The third kappa shape index (κ3) is 1.97. The molecule has 3 rings (SSSR count). The SMILES string of the molecule is Nc1ccc2oc(N3CCNC(=O)CC3)nc2c1. The van der Waals surface area contributed by atoms with E-state index in [9.17, 15) is 4.79 Å². The zero-order valence-corrected chi connectivity index (χ0v) is 9.85. The average Bonchev–Trinajstić information content (AvgIpc) is 2.63. The van der Waals surface area contributed by atoms with Crippen LogP contribution in [0.4, 0.5) is 11.7 Å². The Kier molecular flexibility index (Phi) is 2.55. The van der Waals surface area contributed by atoms with Crippen molar-refractivity contribution in [2.75, 3.05) is 30.3 Å². The van der Waals surface area contributed by atoms with Gasteiger partial charge in [-0.1, -0.05) is 0 Å². The molecule has 1 fully saturated rings. The minimum Gasteiger partial charge on any atom is -0.423 e. The Morgan fingerprint density at radius 2 is 2.28 bits per heavy atom.